The number of hydrogen-bond donors (Lipinski definition) is 4. The van der Waals surface area contributed by atoms with Crippen LogP contribution in [0.2, 0.25) is 0 Å². The highest BCUT2D eigenvalue weighted by atomic mass is 32.2. The molecule has 0 radical (unpaired) electrons. The average molecular weight is 408 g/mol. The van der Waals surface area contributed by atoms with Crippen LogP contribution in [-0.4, -0.2) is 70.3 Å². The molecule has 0 aromatic carbocycles. The highest BCUT2D eigenvalue weighted by molar-refractivity contribution is 7.99. The zero-order valence-corrected chi connectivity index (χ0v) is 16.3. The Kier molecular flexibility index (Phi) is 5.39. The SMILES string of the molecule is CCCSc1nc(NC2CCC2)c2nnn(C3C[C@H](C(=O)O)C(O)C3O)c2n1. The average Bonchev–Trinajstić information content (AvgIpc) is 3.18. The van der Waals surface area contributed by atoms with E-state index in [1.165, 1.54) is 22.9 Å². The molecule has 0 aliphatic heterocycles. The van der Waals surface area contributed by atoms with Gasteiger partial charge >= 0.3 is 5.97 Å². The number of rotatable bonds is 7. The number of anilines is 1. The van der Waals surface area contributed by atoms with Crippen molar-refractivity contribution in [1.82, 2.24) is 25.0 Å². The van der Waals surface area contributed by atoms with E-state index in [2.05, 4.69) is 32.5 Å². The maximum Gasteiger partial charge on any atom is 0.309 e. The molecule has 3 unspecified atom stereocenters. The lowest BCUT2D eigenvalue weighted by atomic mass is 9.93. The molecule has 2 fully saturated rings. The van der Waals surface area contributed by atoms with E-state index >= 15 is 0 Å². The van der Waals surface area contributed by atoms with Crippen molar-refractivity contribution in [3.05, 3.63) is 0 Å². The molecular formula is C17H24N6O4S. The quantitative estimate of drug-likeness (QED) is 0.387. The fourth-order valence-electron chi connectivity index (χ4n) is 3.63. The van der Waals surface area contributed by atoms with Crippen LogP contribution in [0.4, 0.5) is 5.82 Å². The Morgan fingerprint density at radius 1 is 1.29 bits per heavy atom. The molecule has 0 bridgehead atoms. The van der Waals surface area contributed by atoms with Crippen LogP contribution in [0, 0.1) is 5.92 Å². The summed E-state index contributed by atoms with van der Waals surface area (Å²) in [5.41, 5.74) is 0.936. The molecule has 0 amide bonds. The Balaban J connectivity index is 1.72. The fourth-order valence-corrected chi connectivity index (χ4v) is 4.33. The van der Waals surface area contributed by atoms with Crippen molar-refractivity contribution in [2.24, 2.45) is 5.92 Å². The molecule has 10 nitrogen and oxygen atoms in total. The monoisotopic (exact) mass is 408 g/mol. The van der Waals surface area contributed by atoms with Gasteiger partial charge in [-0.25, -0.2) is 14.6 Å². The number of aliphatic hydroxyl groups excluding tert-OH is 2. The first-order valence-electron chi connectivity index (χ1n) is 9.60. The van der Waals surface area contributed by atoms with E-state index in [9.17, 15) is 20.1 Å². The van der Waals surface area contributed by atoms with E-state index < -0.39 is 30.1 Å². The van der Waals surface area contributed by atoms with E-state index in [0.717, 1.165) is 25.0 Å². The largest absolute Gasteiger partial charge is 0.481 e. The molecule has 28 heavy (non-hydrogen) atoms. The number of aliphatic carboxylic acids is 1. The second-order valence-electron chi connectivity index (χ2n) is 7.41. The topological polar surface area (TPSA) is 146 Å². The molecule has 2 heterocycles. The molecule has 152 valence electrons. The molecule has 2 aliphatic rings. The lowest BCUT2D eigenvalue weighted by molar-refractivity contribution is -0.145. The first kappa shape index (κ1) is 19.3. The summed E-state index contributed by atoms with van der Waals surface area (Å²) < 4.78 is 1.44. The number of nitrogens with zero attached hydrogens (tertiary/aromatic N) is 5. The predicted octanol–water partition coefficient (Wildman–Crippen LogP) is 1.06. The van der Waals surface area contributed by atoms with Gasteiger partial charge in [-0.15, -0.1) is 5.10 Å². The number of hydrogen-bond acceptors (Lipinski definition) is 9. The van der Waals surface area contributed by atoms with Crippen LogP contribution < -0.4 is 5.32 Å². The van der Waals surface area contributed by atoms with Crippen LogP contribution in [0.3, 0.4) is 0 Å². The lowest BCUT2D eigenvalue weighted by Gasteiger charge is -2.27. The second-order valence-corrected chi connectivity index (χ2v) is 8.47. The minimum atomic E-state index is -1.36. The molecule has 4 rings (SSSR count). The summed E-state index contributed by atoms with van der Waals surface area (Å²) in [6.45, 7) is 2.08. The summed E-state index contributed by atoms with van der Waals surface area (Å²) in [5.74, 6) is -0.716. The highest BCUT2D eigenvalue weighted by Gasteiger charge is 2.47. The number of aliphatic hydroxyl groups is 2. The van der Waals surface area contributed by atoms with Crippen LogP contribution in [0.15, 0.2) is 5.16 Å². The number of nitrogens with one attached hydrogen (secondary N) is 1. The zero-order valence-electron chi connectivity index (χ0n) is 15.5. The third kappa shape index (κ3) is 3.42. The minimum absolute atomic E-state index is 0.0585. The van der Waals surface area contributed by atoms with Gasteiger partial charge in [0.05, 0.1) is 18.1 Å². The van der Waals surface area contributed by atoms with Crippen molar-refractivity contribution in [3.8, 4) is 0 Å². The van der Waals surface area contributed by atoms with Crippen LogP contribution in [0.5, 0.6) is 0 Å². The van der Waals surface area contributed by atoms with Gasteiger partial charge in [0.1, 0.15) is 6.10 Å². The predicted molar refractivity (Wildman–Crippen MR) is 102 cm³/mol. The summed E-state index contributed by atoms with van der Waals surface area (Å²) >= 11 is 1.53. The number of carboxylic acid groups (broad SMARTS) is 1. The maximum atomic E-state index is 11.4. The number of thioether (sulfide) groups is 1. The van der Waals surface area contributed by atoms with Gasteiger partial charge in [-0.2, -0.15) is 0 Å². The molecule has 2 aliphatic carbocycles. The van der Waals surface area contributed by atoms with E-state index in [0.29, 0.717) is 28.2 Å². The Labute approximate surface area is 165 Å². The first-order chi connectivity index (χ1) is 13.5. The number of aromatic nitrogens is 5. The normalized spacial score (nSPS) is 27.8. The van der Waals surface area contributed by atoms with E-state index in [4.69, 9.17) is 0 Å². The van der Waals surface area contributed by atoms with Gasteiger partial charge in [0.15, 0.2) is 22.1 Å². The van der Waals surface area contributed by atoms with E-state index in [-0.39, 0.29) is 6.42 Å². The standard InChI is InChI=1S/C17H24N6O4S/c1-2-6-28-17-19-14(18-8-4-3-5-8)11-15(20-17)23(22-21-11)10-7-9(16(26)27)12(24)13(10)25/h8-10,12-13,24-25H,2-7H2,1H3,(H,26,27)(H,18,19,20)/t9-,10?,12?,13?/m0/s1. The lowest BCUT2D eigenvalue weighted by Crippen LogP contribution is -2.32. The highest BCUT2D eigenvalue weighted by Crippen LogP contribution is 2.37. The molecule has 2 aromatic rings. The van der Waals surface area contributed by atoms with Crippen molar-refractivity contribution in [2.45, 2.75) is 68.5 Å². The Hall–Kier alpha value is -1.98. The third-order valence-corrected chi connectivity index (χ3v) is 6.52. The van der Waals surface area contributed by atoms with Gasteiger partial charge in [0.25, 0.3) is 0 Å². The van der Waals surface area contributed by atoms with Gasteiger partial charge in [0.2, 0.25) is 0 Å². The minimum Gasteiger partial charge on any atom is -0.481 e. The molecule has 4 atom stereocenters. The van der Waals surface area contributed by atoms with Gasteiger partial charge < -0.3 is 20.6 Å². The van der Waals surface area contributed by atoms with Gasteiger partial charge in [-0.1, -0.05) is 23.9 Å². The molecule has 2 saturated carbocycles. The molecular weight excluding hydrogens is 384 g/mol. The summed E-state index contributed by atoms with van der Waals surface area (Å²) in [6.07, 6.45) is 1.75. The van der Waals surface area contributed by atoms with Crippen molar-refractivity contribution in [1.29, 1.82) is 0 Å². The summed E-state index contributed by atoms with van der Waals surface area (Å²) in [7, 11) is 0. The smallest absolute Gasteiger partial charge is 0.309 e. The van der Waals surface area contributed by atoms with Gasteiger partial charge in [-0.05, 0) is 32.1 Å². The number of carbonyl (C=O) groups is 1. The summed E-state index contributed by atoms with van der Waals surface area (Å²) in [5, 5.41) is 42.1. The van der Waals surface area contributed by atoms with Crippen molar-refractivity contribution < 1.29 is 20.1 Å². The molecule has 0 spiro atoms. The van der Waals surface area contributed by atoms with Crippen molar-refractivity contribution in [2.75, 3.05) is 11.1 Å². The van der Waals surface area contributed by atoms with Gasteiger partial charge in [-0.3, -0.25) is 4.79 Å². The van der Waals surface area contributed by atoms with E-state index in [1.54, 1.807) is 0 Å². The summed E-state index contributed by atoms with van der Waals surface area (Å²) in [4.78, 5) is 20.5. The molecule has 11 heteroatoms. The number of carboxylic acids is 1. The second kappa shape index (κ2) is 7.80. The van der Waals surface area contributed by atoms with Crippen LogP contribution in [0.1, 0.15) is 45.1 Å². The Bertz CT molecular complexity index is 873. The van der Waals surface area contributed by atoms with Crippen LogP contribution >= 0.6 is 11.8 Å². The van der Waals surface area contributed by atoms with Crippen molar-refractivity contribution >= 4 is 34.7 Å². The van der Waals surface area contributed by atoms with E-state index in [1.807, 2.05) is 0 Å². The Morgan fingerprint density at radius 3 is 2.68 bits per heavy atom. The first-order valence-corrected chi connectivity index (χ1v) is 10.6. The summed E-state index contributed by atoms with van der Waals surface area (Å²) in [6, 6.07) is -0.362. The molecule has 0 saturated heterocycles. The third-order valence-electron chi connectivity index (χ3n) is 5.47. The number of fused-ring (bicyclic) bond motifs is 1. The fraction of sp³-hybridized carbons (Fsp3) is 0.706. The Morgan fingerprint density at radius 2 is 2.07 bits per heavy atom. The molecule has 2 aromatic heterocycles. The maximum absolute atomic E-state index is 11.4. The van der Waals surface area contributed by atoms with Crippen molar-refractivity contribution in [3.63, 3.8) is 0 Å². The van der Waals surface area contributed by atoms with Crippen LogP contribution in [0.25, 0.3) is 11.2 Å². The molecule has 4 N–H and O–H groups in total. The van der Waals surface area contributed by atoms with Gasteiger partial charge in [0, 0.05) is 11.8 Å². The zero-order chi connectivity index (χ0) is 19.8. The van der Waals surface area contributed by atoms with Crippen LogP contribution in [-0.2, 0) is 4.79 Å².